The Bertz CT molecular complexity index is 970. The van der Waals surface area contributed by atoms with Crippen LogP contribution in [0.4, 0.5) is 10.5 Å². The molecular weight excluding hydrogens is 416 g/mol. The van der Waals surface area contributed by atoms with E-state index in [4.69, 9.17) is 9.47 Å². The summed E-state index contributed by atoms with van der Waals surface area (Å²) in [4.78, 5) is 38.2. The van der Waals surface area contributed by atoms with Gasteiger partial charge in [-0.2, -0.15) is 0 Å². The van der Waals surface area contributed by atoms with Crippen molar-refractivity contribution in [3.8, 4) is 11.5 Å². The molecule has 7 nitrogen and oxygen atoms in total. The maximum Gasteiger partial charge on any atom is 0.335 e. The first-order valence-electron chi connectivity index (χ1n) is 7.83. The van der Waals surface area contributed by atoms with Gasteiger partial charge < -0.3 is 9.47 Å². The van der Waals surface area contributed by atoms with Crippen molar-refractivity contribution < 1.29 is 23.9 Å². The van der Waals surface area contributed by atoms with Gasteiger partial charge >= 0.3 is 6.03 Å². The summed E-state index contributed by atoms with van der Waals surface area (Å²) >= 11 is 3.30. The molecule has 1 aliphatic heterocycles. The predicted molar refractivity (Wildman–Crippen MR) is 103 cm³/mol. The average molecular weight is 431 g/mol. The fraction of sp³-hybridized carbons (Fsp3) is 0.105. The zero-order chi connectivity index (χ0) is 19.6. The van der Waals surface area contributed by atoms with Crippen LogP contribution < -0.4 is 19.7 Å². The Morgan fingerprint density at radius 3 is 2.41 bits per heavy atom. The summed E-state index contributed by atoms with van der Waals surface area (Å²) in [5, 5.41) is 2.19. The molecule has 4 amide bonds. The predicted octanol–water partition coefficient (Wildman–Crippen LogP) is 3.13. The van der Waals surface area contributed by atoms with Gasteiger partial charge in [-0.25, -0.2) is 9.69 Å². The third-order valence-corrected chi connectivity index (χ3v) is 4.38. The number of barbiturate groups is 1. The minimum atomic E-state index is -0.799. The van der Waals surface area contributed by atoms with Gasteiger partial charge in [-0.1, -0.05) is 28.1 Å². The van der Waals surface area contributed by atoms with Crippen LogP contribution in [0.15, 0.2) is 52.5 Å². The molecule has 1 N–H and O–H groups in total. The molecule has 138 valence electrons. The fourth-order valence-corrected chi connectivity index (χ4v) is 3.00. The molecule has 1 heterocycles. The molecule has 1 saturated heterocycles. The number of hydrogen-bond donors (Lipinski definition) is 1. The Labute approximate surface area is 163 Å². The highest BCUT2D eigenvalue weighted by Crippen LogP contribution is 2.29. The van der Waals surface area contributed by atoms with Crippen LogP contribution >= 0.6 is 15.9 Å². The van der Waals surface area contributed by atoms with E-state index in [0.29, 0.717) is 27.2 Å². The minimum Gasteiger partial charge on any atom is -0.493 e. The molecule has 2 aromatic rings. The number of ether oxygens (including phenoxy) is 2. The number of hydrogen-bond acceptors (Lipinski definition) is 5. The highest BCUT2D eigenvalue weighted by Gasteiger charge is 2.36. The molecule has 1 aliphatic rings. The number of anilines is 1. The number of benzene rings is 2. The lowest BCUT2D eigenvalue weighted by atomic mass is 10.1. The van der Waals surface area contributed by atoms with E-state index in [1.54, 1.807) is 42.5 Å². The highest BCUT2D eigenvalue weighted by molar-refractivity contribution is 9.10. The number of nitrogens with one attached hydrogen (secondary N) is 1. The monoisotopic (exact) mass is 430 g/mol. The van der Waals surface area contributed by atoms with Crippen LogP contribution in [0, 0.1) is 0 Å². The standard InChI is InChI=1S/C19H15BrN2O5/c1-26-15-7-6-11(9-16(15)27-2)8-14-17(23)21-19(25)22(18(14)24)13-5-3-4-12(20)10-13/h3-10H,1-2H3,(H,21,23,25)/b14-8+. The first-order valence-corrected chi connectivity index (χ1v) is 8.63. The first kappa shape index (κ1) is 18.7. The van der Waals surface area contributed by atoms with Gasteiger partial charge in [-0.05, 0) is 42.0 Å². The van der Waals surface area contributed by atoms with Gasteiger partial charge in [0, 0.05) is 4.47 Å². The van der Waals surface area contributed by atoms with Crippen molar-refractivity contribution in [1.82, 2.24) is 5.32 Å². The lowest BCUT2D eigenvalue weighted by Crippen LogP contribution is -2.54. The second-order valence-electron chi connectivity index (χ2n) is 5.55. The van der Waals surface area contributed by atoms with E-state index in [9.17, 15) is 14.4 Å². The van der Waals surface area contributed by atoms with E-state index in [2.05, 4.69) is 21.2 Å². The van der Waals surface area contributed by atoms with Crippen LogP contribution in [0.3, 0.4) is 0 Å². The summed E-state index contributed by atoms with van der Waals surface area (Å²) in [6, 6.07) is 10.8. The van der Waals surface area contributed by atoms with Crippen LogP contribution in [-0.2, 0) is 9.59 Å². The molecule has 0 atom stereocenters. The van der Waals surface area contributed by atoms with Crippen molar-refractivity contribution in [2.24, 2.45) is 0 Å². The van der Waals surface area contributed by atoms with Crippen molar-refractivity contribution in [3.05, 3.63) is 58.1 Å². The first-order chi connectivity index (χ1) is 12.9. The third kappa shape index (κ3) is 3.70. The van der Waals surface area contributed by atoms with Gasteiger partial charge in [0.2, 0.25) is 0 Å². The zero-order valence-electron chi connectivity index (χ0n) is 14.5. The van der Waals surface area contributed by atoms with Crippen LogP contribution in [0.25, 0.3) is 6.08 Å². The number of amides is 4. The molecule has 0 bridgehead atoms. The van der Waals surface area contributed by atoms with Crippen molar-refractivity contribution in [1.29, 1.82) is 0 Å². The molecule has 0 spiro atoms. The number of methoxy groups -OCH3 is 2. The molecule has 0 radical (unpaired) electrons. The molecule has 0 unspecified atom stereocenters. The summed E-state index contributed by atoms with van der Waals surface area (Å²) < 4.78 is 11.1. The number of halogens is 1. The molecule has 27 heavy (non-hydrogen) atoms. The summed E-state index contributed by atoms with van der Waals surface area (Å²) in [5.41, 5.74) is 0.731. The number of carbonyl (C=O) groups excluding carboxylic acids is 3. The van der Waals surface area contributed by atoms with Crippen LogP contribution in [0.2, 0.25) is 0 Å². The van der Waals surface area contributed by atoms with Crippen molar-refractivity contribution in [2.75, 3.05) is 19.1 Å². The van der Waals surface area contributed by atoms with E-state index >= 15 is 0 Å². The van der Waals surface area contributed by atoms with E-state index in [1.807, 2.05) is 0 Å². The van der Waals surface area contributed by atoms with Gasteiger partial charge in [0.15, 0.2) is 11.5 Å². The van der Waals surface area contributed by atoms with E-state index in [1.165, 1.54) is 20.3 Å². The maximum absolute atomic E-state index is 12.8. The SMILES string of the molecule is COc1ccc(/C=C2\C(=O)NC(=O)N(c3cccc(Br)c3)C2=O)cc1OC. The van der Waals surface area contributed by atoms with E-state index < -0.39 is 17.8 Å². The van der Waals surface area contributed by atoms with Gasteiger partial charge in [-0.15, -0.1) is 0 Å². The van der Waals surface area contributed by atoms with Gasteiger partial charge in [-0.3, -0.25) is 14.9 Å². The molecule has 8 heteroatoms. The maximum atomic E-state index is 12.8. The summed E-state index contributed by atoms with van der Waals surface area (Å²) in [7, 11) is 3.00. The summed E-state index contributed by atoms with van der Waals surface area (Å²) in [5.74, 6) is -0.497. The van der Waals surface area contributed by atoms with E-state index in [-0.39, 0.29) is 5.57 Å². The largest absolute Gasteiger partial charge is 0.493 e. The quantitative estimate of drug-likeness (QED) is 0.594. The highest BCUT2D eigenvalue weighted by atomic mass is 79.9. The van der Waals surface area contributed by atoms with Gasteiger partial charge in [0.1, 0.15) is 5.57 Å². The number of urea groups is 1. The molecule has 0 aliphatic carbocycles. The topological polar surface area (TPSA) is 84.9 Å². The average Bonchev–Trinajstić information content (AvgIpc) is 2.64. The normalized spacial score (nSPS) is 15.7. The number of carbonyl (C=O) groups is 3. The Kier molecular flexibility index (Phi) is 5.27. The third-order valence-electron chi connectivity index (χ3n) is 3.89. The van der Waals surface area contributed by atoms with E-state index in [0.717, 1.165) is 4.90 Å². The Hall–Kier alpha value is -3.13. The Balaban J connectivity index is 2.02. The second-order valence-corrected chi connectivity index (χ2v) is 6.47. The molecular formula is C19H15BrN2O5. The minimum absolute atomic E-state index is 0.165. The lowest BCUT2D eigenvalue weighted by Gasteiger charge is -2.26. The van der Waals surface area contributed by atoms with Crippen LogP contribution in [0.5, 0.6) is 11.5 Å². The van der Waals surface area contributed by atoms with Crippen LogP contribution in [-0.4, -0.2) is 32.1 Å². The van der Waals surface area contributed by atoms with Gasteiger partial charge in [0.25, 0.3) is 11.8 Å². The van der Waals surface area contributed by atoms with Gasteiger partial charge in [0.05, 0.1) is 19.9 Å². The second kappa shape index (κ2) is 7.63. The summed E-state index contributed by atoms with van der Waals surface area (Å²) in [6.07, 6.45) is 1.40. The summed E-state index contributed by atoms with van der Waals surface area (Å²) in [6.45, 7) is 0. The molecule has 0 saturated carbocycles. The number of nitrogens with zero attached hydrogens (tertiary/aromatic N) is 1. The lowest BCUT2D eigenvalue weighted by molar-refractivity contribution is -0.122. The van der Waals surface area contributed by atoms with Crippen LogP contribution in [0.1, 0.15) is 5.56 Å². The number of imide groups is 2. The smallest absolute Gasteiger partial charge is 0.335 e. The fourth-order valence-electron chi connectivity index (χ4n) is 2.62. The zero-order valence-corrected chi connectivity index (χ0v) is 16.1. The van der Waals surface area contributed by atoms with Crippen molar-refractivity contribution in [2.45, 2.75) is 0 Å². The van der Waals surface area contributed by atoms with Crippen molar-refractivity contribution in [3.63, 3.8) is 0 Å². The molecule has 3 rings (SSSR count). The Morgan fingerprint density at radius 1 is 1.00 bits per heavy atom. The molecule has 1 fully saturated rings. The Morgan fingerprint density at radius 2 is 1.74 bits per heavy atom. The van der Waals surface area contributed by atoms with Crippen molar-refractivity contribution >= 4 is 45.5 Å². The molecule has 0 aromatic heterocycles. The molecule has 2 aromatic carbocycles. The number of rotatable bonds is 4.